The van der Waals surface area contributed by atoms with Crippen LogP contribution in [0.25, 0.3) is 0 Å². The van der Waals surface area contributed by atoms with Gasteiger partial charge in [0.25, 0.3) is 0 Å². The predicted molar refractivity (Wildman–Crippen MR) is 110 cm³/mol. The van der Waals surface area contributed by atoms with Crippen LogP contribution in [0.5, 0.6) is 0 Å². The third-order valence-electron chi connectivity index (χ3n) is 3.76. The molecule has 0 aliphatic carbocycles. The maximum Gasteiger partial charge on any atom is 0.247 e. The number of nitrogens with two attached hydrogens (primary N) is 1. The van der Waals surface area contributed by atoms with Gasteiger partial charge in [-0.2, -0.15) is 0 Å². The van der Waals surface area contributed by atoms with E-state index in [1.54, 1.807) is 13.1 Å². The SMILES string of the molecule is CCC(=O)N1CCC(NC(=NC)NCc2ccc(S(N)(=O)=O)s2)C1.I. The summed E-state index contributed by atoms with van der Waals surface area (Å²) in [6.07, 6.45) is 1.39. The number of likely N-dealkylation sites (tertiary alicyclic amines) is 1. The molecule has 4 N–H and O–H groups in total. The number of nitrogens with one attached hydrogen (secondary N) is 2. The quantitative estimate of drug-likeness (QED) is 0.312. The van der Waals surface area contributed by atoms with Crippen LogP contribution in [-0.2, 0) is 21.4 Å². The summed E-state index contributed by atoms with van der Waals surface area (Å²) in [7, 11) is -1.98. The van der Waals surface area contributed by atoms with E-state index in [1.165, 1.54) is 6.07 Å². The summed E-state index contributed by atoms with van der Waals surface area (Å²) in [6.45, 7) is 3.73. The Kier molecular flexibility index (Phi) is 8.57. The zero-order valence-electron chi connectivity index (χ0n) is 14.2. The number of halogens is 1. The minimum atomic E-state index is -3.65. The number of hydrogen-bond acceptors (Lipinski definition) is 5. The molecule has 1 aromatic rings. The summed E-state index contributed by atoms with van der Waals surface area (Å²) in [5.41, 5.74) is 0. The molecule has 1 aromatic heterocycles. The van der Waals surface area contributed by atoms with Crippen LogP contribution in [0.4, 0.5) is 0 Å². The highest BCUT2D eigenvalue weighted by atomic mass is 127. The van der Waals surface area contributed by atoms with E-state index in [-0.39, 0.29) is 40.1 Å². The number of aliphatic imine (C=N–C) groups is 1. The first-order valence-corrected chi connectivity index (χ1v) is 10.1. The van der Waals surface area contributed by atoms with E-state index in [0.717, 1.165) is 29.2 Å². The molecular formula is C14H24IN5O3S2. The minimum Gasteiger partial charge on any atom is -0.352 e. The van der Waals surface area contributed by atoms with Crippen LogP contribution in [0.2, 0.25) is 0 Å². The molecule has 1 unspecified atom stereocenters. The van der Waals surface area contributed by atoms with Crippen molar-refractivity contribution in [2.45, 2.75) is 36.6 Å². The van der Waals surface area contributed by atoms with E-state index >= 15 is 0 Å². The molecule has 0 aromatic carbocycles. The van der Waals surface area contributed by atoms with Gasteiger partial charge in [-0.1, -0.05) is 6.92 Å². The standard InChI is InChI=1S/C14H23N5O3S2.HI/c1-3-12(20)19-7-6-10(9-19)18-14(16-2)17-8-11-4-5-13(23-11)24(15,21)22;/h4-5,10H,3,6-9H2,1-2H3,(H2,15,21,22)(H2,16,17,18);1H. The van der Waals surface area contributed by atoms with Crippen LogP contribution < -0.4 is 15.8 Å². The van der Waals surface area contributed by atoms with E-state index in [0.29, 0.717) is 25.5 Å². The molecule has 0 spiro atoms. The lowest BCUT2D eigenvalue weighted by molar-refractivity contribution is -0.129. The van der Waals surface area contributed by atoms with E-state index in [9.17, 15) is 13.2 Å². The number of rotatable bonds is 5. The Hall–Kier alpha value is -0.920. The van der Waals surface area contributed by atoms with Crippen molar-refractivity contribution in [3.05, 3.63) is 17.0 Å². The summed E-state index contributed by atoms with van der Waals surface area (Å²) >= 11 is 1.13. The van der Waals surface area contributed by atoms with Gasteiger partial charge in [-0.05, 0) is 18.6 Å². The molecule has 1 aliphatic rings. The third kappa shape index (κ3) is 6.38. The van der Waals surface area contributed by atoms with E-state index in [2.05, 4.69) is 15.6 Å². The minimum absolute atomic E-state index is 0. The second-order valence-electron chi connectivity index (χ2n) is 5.51. The zero-order valence-corrected chi connectivity index (χ0v) is 18.2. The molecule has 1 aliphatic heterocycles. The number of carbonyl (C=O) groups excluding carboxylic acids is 1. The molecule has 0 saturated carbocycles. The number of hydrogen-bond donors (Lipinski definition) is 3. The largest absolute Gasteiger partial charge is 0.352 e. The van der Waals surface area contributed by atoms with Gasteiger partial charge in [0.2, 0.25) is 15.9 Å². The average Bonchev–Trinajstić information content (AvgIpc) is 3.19. The van der Waals surface area contributed by atoms with E-state index < -0.39 is 10.0 Å². The number of carbonyl (C=O) groups is 1. The lowest BCUT2D eigenvalue weighted by Crippen LogP contribution is -2.44. The first-order chi connectivity index (χ1) is 11.3. The predicted octanol–water partition coefficient (Wildman–Crippen LogP) is 0.689. The van der Waals surface area contributed by atoms with Gasteiger partial charge < -0.3 is 15.5 Å². The van der Waals surface area contributed by atoms with Crippen LogP contribution in [0.15, 0.2) is 21.3 Å². The van der Waals surface area contributed by atoms with Gasteiger partial charge in [-0.25, -0.2) is 13.6 Å². The Morgan fingerprint density at radius 3 is 2.76 bits per heavy atom. The van der Waals surface area contributed by atoms with Crippen LogP contribution in [0.1, 0.15) is 24.6 Å². The Morgan fingerprint density at radius 1 is 1.48 bits per heavy atom. The second-order valence-corrected chi connectivity index (χ2v) is 8.47. The second kappa shape index (κ2) is 9.69. The summed E-state index contributed by atoms with van der Waals surface area (Å²) in [4.78, 5) is 18.6. The lowest BCUT2D eigenvalue weighted by Gasteiger charge is -2.18. The number of primary sulfonamides is 1. The van der Waals surface area contributed by atoms with Crippen LogP contribution in [0, 0.1) is 0 Å². The average molecular weight is 501 g/mol. The fourth-order valence-corrected chi connectivity index (χ4v) is 4.21. The maximum absolute atomic E-state index is 11.7. The molecule has 11 heteroatoms. The first kappa shape index (κ1) is 22.1. The van der Waals surface area contributed by atoms with Crippen molar-refractivity contribution < 1.29 is 13.2 Å². The normalized spacial score (nSPS) is 18.0. The molecule has 1 amide bonds. The van der Waals surface area contributed by atoms with Crippen molar-refractivity contribution >= 4 is 57.2 Å². The Balaban J connectivity index is 0.00000312. The zero-order chi connectivity index (χ0) is 17.7. The van der Waals surface area contributed by atoms with Crippen molar-refractivity contribution in [3.63, 3.8) is 0 Å². The van der Waals surface area contributed by atoms with Gasteiger partial charge >= 0.3 is 0 Å². The van der Waals surface area contributed by atoms with Crippen molar-refractivity contribution in [3.8, 4) is 0 Å². The number of nitrogens with zero attached hydrogens (tertiary/aromatic N) is 2. The van der Waals surface area contributed by atoms with Gasteiger partial charge in [-0.3, -0.25) is 9.79 Å². The molecule has 1 atom stereocenters. The molecule has 25 heavy (non-hydrogen) atoms. The van der Waals surface area contributed by atoms with Crippen molar-refractivity contribution in [1.82, 2.24) is 15.5 Å². The molecular weight excluding hydrogens is 477 g/mol. The highest BCUT2D eigenvalue weighted by Gasteiger charge is 2.25. The number of guanidine groups is 1. The molecule has 1 fully saturated rings. The highest BCUT2D eigenvalue weighted by Crippen LogP contribution is 2.20. The van der Waals surface area contributed by atoms with Gasteiger partial charge in [0.05, 0.1) is 6.54 Å². The summed E-state index contributed by atoms with van der Waals surface area (Å²) in [5.74, 6) is 0.785. The third-order valence-corrected chi connectivity index (χ3v) is 6.28. The van der Waals surface area contributed by atoms with Crippen LogP contribution in [0.3, 0.4) is 0 Å². The highest BCUT2D eigenvalue weighted by molar-refractivity contribution is 14.0. The Morgan fingerprint density at radius 2 is 2.20 bits per heavy atom. The number of thiophene rings is 1. The van der Waals surface area contributed by atoms with Crippen LogP contribution in [-0.4, -0.2) is 51.4 Å². The summed E-state index contributed by atoms with van der Waals surface area (Å²) < 4.78 is 22.7. The fourth-order valence-electron chi connectivity index (χ4n) is 2.49. The first-order valence-electron chi connectivity index (χ1n) is 7.70. The molecule has 2 rings (SSSR count). The topological polar surface area (TPSA) is 117 Å². The smallest absolute Gasteiger partial charge is 0.247 e. The number of sulfonamides is 1. The van der Waals surface area contributed by atoms with Gasteiger partial charge in [-0.15, -0.1) is 35.3 Å². The Labute approximate surface area is 169 Å². The molecule has 1 saturated heterocycles. The lowest BCUT2D eigenvalue weighted by atomic mass is 10.3. The molecule has 8 nitrogen and oxygen atoms in total. The molecule has 2 heterocycles. The van der Waals surface area contributed by atoms with Crippen molar-refractivity contribution in [2.75, 3.05) is 20.1 Å². The van der Waals surface area contributed by atoms with Crippen molar-refractivity contribution in [1.29, 1.82) is 0 Å². The van der Waals surface area contributed by atoms with E-state index in [1.807, 2.05) is 11.8 Å². The van der Waals surface area contributed by atoms with E-state index in [4.69, 9.17) is 5.14 Å². The monoisotopic (exact) mass is 501 g/mol. The van der Waals surface area contributed by atoms with Gasteiger partial charge in [0, 0.05) is 37.5 Å². The maximum atomic E-state index is 11.7. The molecule has 0 radical (unpaired) electrons. The molecule has 142 valence electrons. The fraction of sp³-hybridized carbons (Fsp3) is 0.571. The summed E-state index contributed by atoms with van der Waals surface area (Å²) in [5, 5.41) is 11.5. The van der Waals surface area contributed by atoms with Gasteiger partial charge in [0.15, 0.2) is 5.96 Å². The summed E-state index contributed by atoms with van der Waals surface area (Å²) in [6, 6.07) is 3.38. The van der Waals surface area contributed by atoms with Crippen molar-refractivity contribution in [2.24, 2.45) is 10.1 Å². The Bertz CT molecular complexity index is 720. The van der Waals surface area contributed by atoms with Gasteiger partial charge in [0.1, 0.15) is 4.21 Å². The van der Waals surface area contributed by atoms with Crippen LogP contribution >= 0.6 is 35.3 Å². The molecule has 0 bridgehead atoms. The number of amides is 1.